The Labute approximate surface area is 153 Å². The van der Waals surface area contributed by atoms with Crippen LogP contribution in [0.3, 0.4) is 0 Å². The van der Waals surface area contributed by atoms with E-state index in [9.17, 15) is 4.39 Å². The summed E-state index contributed by atoms with van der Waals surface area (Å²) in [5, 5.41) is 3.15. The average molecular weight is 428 g/mol. The molecule has 2 aromatic rings. The van der Waals surface area contributed by atoms with Crippen LogP contribution in [0.4, 0.5) is 10.1 Å². The molecule has 124 valence electrons. The molecule has 1 aromatic carbocycles. The van der Waals surface area contributed by atoms with Gasteiger partial charge >= 0.3 is 0 Å². The van der Waals surface area contributed by atoms with Crippen molar-refractivity contribution in [1.29, 1.82) is 0 Å². The Morgan fingerprint density at radius 3 is 2.39 bits per heavy atom. The predicted molar refractivity (Wildman–Crippen MR) is 104 cm³/mol. The van der Waals surface area contributed by atoms with Crippen LogP contribution in [-0.2, 0) is 19.4 Å². The maximum absolute atomic E-state index is 13.5. The Hall–Kier alpha value is -1.70. The number of aromatic nitrogens is 1. The SMILES string of the molecule is CCc1cccc(CC)c1NC(N)=NCc1ncccc1F.I. The molecule has 0 amide bonds. The number of benzene rings is 1. The van der Waals surface area contributed by atoms with E-state index in [2.05, 4.69) is 41.3 Å². The summed E-state index contributed by atoms with van der Waals surface area (Å²) in [4.78, 5) is 8.14. The molecular weight excluding hydrogens is 406 g/mol. The maximum Gasteiger partial charge on any atom is 0.193 e. The van der Waals surface area contributed by atoms with Gasteiger partial charge in [-0.25, -0.2) is 9.38 Å². The van der Waals surface area contributed by atoms with Gasteiger partial charge in [-0.15, -0.1) is 24.0 Å². The summed E-state index contributed by atoms with van der Waals surface area (Å²) in [6.07, 6.45) is 3.34. The summed E-state index contributed by atoms with van der Waals surface area (Å²) in [7, 11) is 0. The first-order chi connectivity index (χ1) is 10.7. The van der Waals surface area contributed by atoms with Gasteiger partial charge < -0.3 is 11.1 Å². The quantitative estimate of drug-likeness (QED) is 0.432. The molecule has 0 atom stereocenters. The highest BCUT2D eigenvalue weighted by Gasteiger charge is 2.07. The normalized spacial score (nSPS) is 11.0. The molecule has 23 heavy (non-hydrogen) atoms. The summed E-state index contributed by atoms with van der Waals surface area (Å²) >= 11 is 0. The number of aryl methyl sites for hydroxylation is 2. The second-order valence-electron chi connectivity index (χ2n) is 4.92. The molecule has 0 fully saturated rings. The van der Waals surface area contributed by atoms with Gasteiger partial charge in [-0.3, -0.25) is 4.98 Å². The van der Waals surface area contributed by atoms with Crippen molar-refractivity contribution in [2.45, 2.75) is 33.2 Å². The third-order valence-corrected chi connectivity index (χ3v) is 3.49. The fraction of sp³-hybridized carbons (Fsp3) is 0.294. The van der Waals surface area contributed by atoms with Crippen LogP contribution < -0.4 is 11.1 Å². The van der Waals surface area contributed by atoms with Crippen molar-refractivity contribution in [1.82, 2.24) is 4.98 Å². The lowest BCUT2D eigenvalue weighted by atomic mass is 10.0. The lowest BCUT2D eigenvalue weighted by Gasteiger charge is -2.14. The monoisotopic (exact) mass is 428 g/mol. The number of rotatable bonds is 5. The lowest BCUT2D eigenvalue weighted by Crippen LogP contribution is -2.24. The number of halogens is 2. The molecule has 0 radical (unpaired) electrons. The number of aliphatic imine (C=N–C) groups is 1. The Morgan fingerprint density at radius 2 is 1.83 bits per heavy atom. The van der Waals surface area contributed by atoms with E-state index in [4.69, 9.17) is 5.73 Å². The minimum atomic E-state index is -0.373. The third kappa shape index (κ3) is 5.16. The number of nitrogens with two attached hydrogens (primary N) is 1. The van der Waals surface area contributed by atoms with Gasteiger partial charge in [0.15, 0.2) is 5.96 Å². The highest BCUT2D eigenvalue weighted by Crippen LogP contribution is 2.22. The van der Waals surface area contributed by atoms with E-state index in [1.807, 2.05) is 6.07 Å². The molecule has 2 rings (SSSR count). The van der Waals surface area contributed by atoms with E-state index in [1.54, 1.807) is 12.3 Å². The fourth-order valence-corrected chi connectivity index (χ4v) is 2.27. The van der Waals surface area contributed by atoms with Gasteiger partial charge in [0.25, 0.3) is 0 Å². The molecule has 0 saturated carbocycles. The van der Waals surface area contributed by atoms with Gasteiger partial charge in [-0.2, -0.15) is 0 Å². The highest BCUT2D eigenvalue weighted by atomic mass is 127. The van der Waals surface area contributed by atoms with Crippen molar-refractivity contribution in [3.05, 3.63) is 59.2 Å². The zero-order valence-electron chi connectivity index (χ0n) is 13.3. The first-order valence-corrected chi connectivity index (χ1v) is 7.42. The van der Waals surface area contributed by atoms with E-state index < -0.39 is 0 Å². The van der Waals surface area contributed by atoms with Crippen LogP contribution in [0.1, 0.15) is 30.7 Å². The Bertz CT molecular complexity index is 651. The van der Waals surface area contributed by atoms with E-state index in [-0.39, 0.29) is 48.0 Å². The summed E-state index contributed by atoms with van der Waals surface area (Å²) in [5.41, 5.74) is 9.58. The molecule has 1 heterocycles. The average Bonchev–Trinajstić information content (AvgIpc) is 2.54. The molecule has 0 bridgehead atoms. The van der Waals surface area contributed by atoms with E-state index in [0.29, 0.717) is 0 Å². The van der Waals surface area contributed by atoms with Crippen molar-refractivity contribution in [2.75, 3.05) is 5.32 Å². The highest BCUT2D eigenvalue weighted by molar-refractivity contribution is 14.0. The number of anilines is 1. The van der Waals surface area contributed by atoms with Gasteiger partial charge in [0, 0.05) is 11.9 Å². The fourth-order valence-electron chi connectivity index (χ4n) is 2.27. The summed E-state index contributed by atoms with van der Waals surface area (Å²) in [6, 6.07) is 9.08. The predicted octanol–water partition coefficient (Wildman–Crippen LogP) is 3.89. The maximum atomic E-state index is 13.5. The second-order valence-corrected chi connectivity index (χ2v) is 4.92. The van der Waals surface area contributed by atoms with Crippen molar-refractivity contribution >= 4 is 35.6 Å². The van der Waals surface area contributed by atoms with Gasteiger partial charge in [-0.1, -0.05) is 32.0 Å². The minimum absolute atomic E-state index is 0. The summed E-state index contributed by atoms with van der Waals surface area (Å²) in [5.74, 6) is -0.108. The van der Waals surface area contributed by atoms with Crippen LogP contribution in [0.2, 0.25) is 0 Å². The number of para-hydroxylation sites is 1. The molecule has 0 unspecified atom stereocenters. The number of nitrogens with zero attached hydrogens (tertiary/aromatic N) is 2. The third-order valence-electron chi connectivity index (χ3n) is 3.49. The van der Waals surface area contributed by atoms with Crippen molar-refractivity contribution in [3.8, 4) is 0 Å². The molecular formula is C17H22FIN4. The van der Waals surface area contributed by atoms with Gasteiger partial charge in [0.2, 0.25) is 0 Å². The molecule has 0 aliphatic rings. The molecule has 6 heteroatoms. The van der Waals surface area contributed by atoms with E-state index in [1.165, 1.54) is 17.2 Å². The molecule has 0 saturated heterocycles. The number of pyridine rings is 1. The molecule has 1 aromatic heterocycles. The van der Waals surface area contributed by atoms with Crippen LogP contribution in [0.15, 0.2) is 41.5 Å². The second kappa shape index (κ2) is 9.44. The zero-order chi connectivity index (χ0) is 15.9. The zero-order valence-corrected chi connectivity index (χ0v) is 15.7. The van der Waals surface area contributed by atoms with Crippen LogP contribution in [-0.4, -0.2) is 10.9 Å². The smallest absolute Gasteiger partial charge is 0.193 e. The van der Waals surface area contributed by atoms with Crippen molar-refractivity contribution in [3.63, 3.8) is 0 Å². The Balaban J connectivity index is 0.00000264. The molecule has 0 aliphatic carbocycles. The van der Waals surface area contributed by atoms with Crippen LogP contribution >= 0.6 is 24.0 Å². The molecule has 0 aliphatic heterocycles. The number of nitrogens with one attached hydrogen (secondary N) is 1. The molecule has 3 N–H and O–H groups in total. The minimum Gasteiger partial charge on any atom is -0.370 e. The van der Waals surface area contributed by atoms with Crippen LogP contribution in [0.25, 0.3) is 0 Å². The number of guanidine groups is 1. The van der Waals surface area contributed by atoms with Crippen molar-refractivity contribution in [2.24, 2.45) is 10.7 Å². The van der Waals surface area contributed by atoms with Crippen LogP contribution in [0, 0.1) is 5.82 Å². The summed E-state index contributed by atoms with van der Waals surface area (Å²) in [6.45, 7) is 4.30. The largest absolute Gasteiger partial charge is 0.370 e. The standard InChI is InChI=1S/C17H21FN4.HI/c1-3-12-7-5-8-13(4-2)16(12)22-17(19)21-11-15-14(18)9-6-10-20-15;/h5-10H,3-4,11H2,1-2H3,(H3,19,21,22);1H. The van der Waals surface area contributed by atoms with E-state index in [0.717, 1.165) is 18.5 Å². The molecule has 4 nitrogen and oxygen atoms in total. The molecule has 0 spiro atoms. The van der Waals surface area contributed by atoms with Crippen LogP contribution in [0.5, 0.6) is 0 Å². The first-order valence-electron chi connectivity index (χ1n) is 7.42. The lowest BCUT2D eigenvalue weighted by molar-refractivity contribution is 0.600. The van der Waals surface area contributed by atoms with E-state index >= 15 is 0 Å². The van der Waals surface area contributed by atoms with Gasteiger partial charge in [0.1, 0.15) is 5.82 Å². The van der Waals surface area contributed by atoms with Gasteiger partial charge in [-0.05, 0) is 36.1 Å². The van der Waals surface area contributed by atoms with Gasteiger partial charge in [0.05, 0.1) is 12.2 Å². The topological polar surface area (TPSA) is 63.3 Å². The Morgan fingerprint density at radius 1 is 1.17 bits per heavy atom. The number of hydrogen-bond acceptors (Lipinski definition) is 2. The number of hydrogen-bond donors (Lipinski definition) is 2. The Kier molecular flexibility index (Phi) is 7.94. The summed E-state index contributed by atoms with van der Waals surface area (Å²) < 4.78 is 13.5. The first kappa shape index (κ1) is 19.3. The van der Waals surface area contributed by atoms with Crippen molar-refractivity contribution < 1.29 is 4.39 Å².